The SMILES string of the molecule is COc1ccc(OC[C@@H](O)CNC(C)(C)C)cc1. The van der Waals surface area contributed by atoms with Crippen LogP contribution in [0.5, 0.6) is 11.5 Å². The molecule has 0 aliphatic heterocycles. The molecule has 0 heterocycles. The molecule has 18 heavy (non-hydrogen) atoms. The largest absolute Gasteiger partial charge is 0.497 e. The third-order valence-corrected chi connectivity index (χ3v) is 2.37. The molecule has 4 nitrogen and oxygen atoms in total. The fourth-order valence-corrected chi connectivity index (χ4v) is 1.35. The standard InChI is InChI=1S/C14H23NO3/c1-14(2,3)15-9-11(16)10-18-13-7-5-12(17-4)6-8-13/h5-8,11,15-16H,9-10H2,1-4H3/t11-/m0/s1. The van der Waals surface area contributed by atoms with Crippen LogP contribution in [0.1, 0.15) is 20.8 Å². The second-order valence-corrected chi connectivity index (χ2v) is 5.27. The Hall–Kier alpha value is -1.26. The maximum Gasteiger partial charge on any atom is 0.119 e. The van der Waals surface area contributed by atoms with Gasteiger partial charge in [-0.3, -0.25) is 0 Å². The number of aliphatic hydroxyl groups excluding tert-OH is 1. The number of aliphatic hydroxyl groups is 1. The van der Waals surface area contributed by atoms with Gasteiger partial charge in [0.05, 0.1) is 7.11 Å². The monoisotopic (exact) mass is 253 g/mol. The summed E-state index contributed by atoms with van der Waals surface area (Å²) in [6, 6.07) is 7.30. The van der Waals surface area contributed by atoms with Crippen molar-refractivity contribution >= 4 is 0 Å². The zero-order chi connectivity index (χ0) is 13.6. The van der Waals surface area contributed by atoms with E-state index in [-0.39, 0.29) is 12.1 Å². The van der Waals surface area contributed by atoms with Gasteiger partial charge in [0.15, 0.2) is 0 Å². The Balaban J connectivity index is 2.31. The highest BCUT2D eigenvalue weighted by atomic mass is 16.5. The van der Waals surface area contributed by atoms with Crippen molar-refractivity contribution in [1.82, 2.24) is 5.32 Å². The second kappa shape index (κ2) is 6.61. The first-order chi connectivity index (χ1) is 8.40. The average molecular weight is 253 g/mol. The van der Waals surface area contributed by atoms with Crippen molar-refractivity contribution in [3.63, 3.8) is 0 Å². The first-order valence-electron chi connectivity index (χ1n) is 6.10. The molecule has 0 aliphatic carbocycles. The zero-order valence-corrected chi connectivity index (χ0v) is 11.6. The molecule has 0 aliphatic rings. The van der Waals surface area contributed by atoms with Crippen molar-refractivity contribution in [2.75, 3.05) is 20.3 Å². The van der Waals surface area contributed by atoms with Gasteiger partial charge in [-0.1, -0.05) is 0 Å². The Morgan fingerprint density at radius 3 is 2.22 bits per heavy atom. The lowest BCUT2D eigenvalue weighted by molar-refractivity contribution is 0.100. The Labute approximate surface area is 109 Å². The van der Waals surface area contributed by atoms with Crippen LogP contribution < -0.4 is 14.8 Å². The number of benzene rings is 1. The van der Waals surface area contributed by atoms with Crippen LogP contribution in [0.2, 0.25) is 0 Å². The van der Waals surface area contributed by atoms with Crippen LogP contribution in [-0.2, 0) is 0 Å². The number of hydrogen-bond donors (Lipinski definition) is 2. The van der Waals surface area contributed by atoms with Crippen LogP contribution >= 0.6 is 0 Å². The van der Waals surface area contributed by atoms with Gasteiger partial charge in [0.25, 0.3) is 0 Å². The molecular weight excluding hydrogens is 230 g/mol. The summed E-state index contributed by atoms with van der Waals surface area (Å²) in [6.45, 7) is 6.97. The van der Waals surface area contributed by atoms with Crippen molar-refractivity contribution < 1.29 is 14.6 Å². The Morgan fingerprint density at radius 1 is 1.17 bits per heavy atom. The molecule has 1 rings (SSSR count). The number of ether oxygens (including phenoxy) is 2. The Bertz CT molecular complexity index is 343. The Kier molecular flexibility index (Phi) is 5.44. The van der Waals surface area contributed by atoms with E-state index in [1.165, 1.54) is 0 Å². The third kappa shape index (κ3) is 5.89. The van der Waals surface area contributed by atoms with Gasteiger partial charge in [-0.2, -0.15) is 0 Å². The van der Waals surface area contributed by atoms with E-state index in [1.54, 1.807) is 7.11 Å². The summed E-state index contributed by atoms with van der Waals surface area (Å²) in [5, 5.41) is 13.0. The molecule has 102 valence electrons. The Morgan fingerprint density at radius 2 is 1.72 bits per heavy atom. The van der Waals surface area contributed by atoms with E-state index in [4.69, 9.17) is 9.47 Å². The van der Waals surface area contributed by atoms with E-state index in [2.05, 4.69) is 26.1 Å². The van der Waals surface area contributed by atoms with Crippen molar-refractivity contribution in [2.45, 2.75) is 32.4 Å². The topological polar surface area (TPSA) is 50.7 Å². The molecule has 0 amide bonds. The summed E-state index contributed by atoms with van der Waals surface area (Å²) in [4.78, 5) is 0. The van der Waals surface area contributed by atoms with Gasteiger partial charge in [0, 0.05) is 12.1 Å². The van der Waals surface area contributed by atoms with E-state index in [0.717, 1.165) is 11.5 Å². The minimum absolute atomic E-state index is 0.00108. The highest BCUT2D eigenvalue weighted by Crippen LogP contribution is 2.17. The molecule has 4 heteroatoms. The van der Waals surface area contributed by atoms with Crippen molar-refractivity contribution in [3.8, 4) is 11.5 Å². The third-order valence-electron chi connectivity index (χ3n) is 2.37. The van der Waals surface area contributed by atoms with Gasteiger partial charge in [0.2, 0.25) is 0 Å². The van der Waals surface area contributed by atoms with Crippen LogP contribution in [0.25, 0.3) is 0 Å². The molecule has 0 saturated carbocycles. The normalized spacial score (nSPS) is 13.2. The van der Waals surface area contributed by atoms with Crippen LogP contribution in [0.15, 0.2) is 24.3 Å². The van der Waals surface area contributed by atoms with Gasteiger partial charge >= 0.3 is 0 Å². The summed E-state index contributed by atoms with van der Waals surface area (Å²) in [5.74, 6) is 1.52. The maximum absolute atomic E-state index is 9.76. The second-order valence-electron chi connectivity index (χ2n) is 5.27. The fraction of sp³-hybridized carbons (Fsp3) is 0.571. The molecule has 1 atom stereocenters. The maximum atomic E-state index is 9.76. The van der Waals surface area contributed by atoms with Crippen LogP contribution in [-0.4, -0.2) is 37.0 Å². The number of nitrogens with one attached hydrogen (secondary N) is 1. The van der Waals surface area contributed by atoms with Gasteiger partial charge < -0.3 is 19.9 Å². The minimum atomic E-state index is -0.522. The first-order valence-corrected chi connectivity index (χ1v) is 6.10. The van der Waals surface area contributed by atoms with Gasteiger partial charge in [-0.15, -0.1) is 0 Å². The summed E-state index contributed by atoms with van der Waals surface area (Å²) >= 11 is 0. The molecule has 0 unspecified atom stereocenters. The minimum Gasteiger partial charge on any atom is -0.497 e. The molecule has 0 saturated heterocycles. The van der Waals surface area contributed by atoms with Gasteiger partial charge in [-0.05, 0) is 45.0 Å². The molecule has 0 bridgehead atoms. The lowest BCUT2D eigenvalue weighted by Gasteiger charge is -2.22. The number of rotatable bonds is 6. The van der Waals surface area contributed by atoms with E-state index >= 15 is 0 Å². The van der Waals surface area contributed by atoms with Crippen molar-refractivity contribution in [3.05, 3.63) is 24.3 Å². The lowest BCUT2D eigenvalue weighted by Crippen LogP contribution is -2.42. The molecule has 2 N–H and O–H groups in total. The lowest BCUT2D eigenvalue weighted by atomic mass is 10.1. The summed E-state index contributed by atoms with van der Waals surface area (Å²) in [5.41, 5.74) is 0.00108. The van der Waals surface area contributed by atoms with Crippen LogP contribution in [0, 0.1) is 0 Å². The van der Waals surface area contributed by atoms with Gasteiger partial charge in [-0.25, -0.2) is 0 Å². The molecule has 0 radical (unpaired) electrons. The van der Waals surface area contributed by atoms with E-state index in [0.29, 0.717) is 6.54 Å². The first kappa shape index (κ1) is 14.8. The molecule has 1 aromatic rings. The average Bonchev–Trinajstić information content (AvgIpc) is 2.33. The van der Waals surface area contributed by atoms with E-state index in [1.807, 2.05) is 24.3 Å². The van der Waals surface area contributed by atoms with Crippen LogP contribution in [0.3, 0.4) is 0 Å². The predicted octanol–water partition coefficient (Wildman–Crippen LogP) is 1.82. The molecule has 0 fully saturated rings. The summed E-state index contributed by atoms with van der Waals surface area (Å²) in [6.07, 6.45) is -0.522. The highest BCUT2D eigenvalue weighted by Gasteiger charge is 2.12. The van der Waals surface area contributed by atoms with Gasteiger partial charge in [0.1, 0.15) is 24.2 Å². The molecule has 0 spiro atoms. The molecular formula is C14H23NO3. The van der Waals surface area contributed by atoms with E-state index in [9.17, 15) is 5.11 Å². The molecule has 0 aromatic heterocycles. The number of β-amino-alcohol motifs (C(OH)–C–C–N with tert-alkyl or cyclic N) is 1. The zero-order valence-electron chi connectivity index (χ0n) is 11.6. The predicted molar refractivity (Wildman–Crippen MR) is 72.3 cm³/mol. The highest BCUT2D eigenvalue weighted by molar-refractivity contribution is 5.31. The molecule has 1 aromatic carbocycles. The quantitative estimate of drug-likeness (QED) is 0.812. The van der Waals surface area contributed by atoms with Crippen molar-refractivity contribution in [2.24, 2.45) is 0 Å². The van der Waals surface area contributed by atoms with E-state index < -0.39 is 6.10 Å². The fourth-order valence-electron chi connectivity index (χ4n) is 1.35. The number of methoxy groups -OCH3 is 1. The summed E-state index contributed by atoms with van der Waals surface area (Å²) in [7, 11) is 1.62. The van der Waals surface area contributed by atoms with Crippen molar-refractivity contribution in [1.29, 1.82) is 0 Å². The smallest absolute Gasteiger partial charge is 0.119 e. The summed E-state index contributed by atoms with van der Waals surface area (Å²) < 4.78 is 10.5. The number of hydrogen-bond acceptors (Lipinski definition) is 4. The van der Waals surface area contributed by atoms with Crippen LogP contribution in [0.4, 0.5) is 0 Å².